The summed E-state index contributed by atoms with van der Waals surface area (Å²) in [7, 11) is 1.76. The van der Waals surface area contributed by atoms with Crippen LogP contribution in [0.3, 0.4) is 0 Å². The lowest BCUT2D eigenvalue weighted by molar-refractivity contribution is 0.0688. The van der Waals surface area contributed by atoms with Gasteiger partial charge in [-0.25, -0.2) is 4.79 Å². The number of hydrogen-bond acceptors (Lipinski definition) is 1. The molecule has 0 aliphatic carbocycles. The predicted octanol–water partition coefficient (Wildman–Crippen LogP) is 4.20. The van der Waals surface area contributed by atoms with E-state index in [0.717, 1.165) is 16.5 Å². The van der Waals surface area contributed by atoms with Crippen molar-refractivity contribution in [2.24, 2.45) is 7.05 Å². The highest BCUT2D eigenvalue weighted by molar-refractivity contribution is 6.31. The van der Waals surface area contributed by atoms with Crippen LogP contribution in [-0.4, -0.2) is 15.6 Å². The van der Waals surface area contributed by atoms with E-state index in [1.54, 1.807) is 17.7 Å². The zero-order chi connectivity index (χ0) is 14.3. The number of benzene rings is 2. The first-order valence-electron chi connectivity index (χ1n) is 6.16. The van der Waals surface area contributed by atoms with E-state index < -0.39 is 5.97 Å². The Hall–Kier alpha value is -2.26. The first-order chi connectivity index (χ1) is 9.59. The van der Waals surface area contributed by atoms with Crippen LogP contribution in [0, 0.1) is 0 Å². The second-order valence-corrected chi connectivity index (χ2v) is 5.05. The molecule has 100 valence electrons. The van der Waals surface area contributed by atoms with Gasteiger partial charge in [0.15, 0.2) is 0 Å². The number of aromatic nitrogens is 1. The van der Waals surface area contributed by atoms with Crippen LogP contribution in [0.1, 0.15) is 10.5 Å². The van der Waals surface area contributed by atoms with Gasteiger partial charge in [-0.3, -0.25) is 0 Å². The molecule has 4 heteroatoms. The van der Waals surface area contributed by atoms with E-state index in [9.17, 15) is 9.90 Å². The zero-order valence-electron chi connectivity index (χ0n) is 10.8. The van der Waals surface area contributed by atoms with E-state index in [2.05, 4.69) is 0 Å². The number of fused-ring (bicyclic) bond motifs is 1. The van der Waals surface area contributed by atoms with Gasteiger partial charge in [0.05, 0.1) is 0 Å². The van der Waals surface area contributed by atoms with Crippen LogP contribution in [-0.2, 0) is 7.05 Å². The van der Waals surface area contributed by atoms with Crippen molar-refractivity contribution in [1.82, 2.24) is 4.57 Å². The molecule has 0 atom stereocenters. The molecule has 20 heavy (non-hydrogen) atoms. The Balaban J connectivity index is 2.47. The highest BCUT2D eigenvalue weighted by Crippen LogP contribution is 2.35. The van der Waals surface area contributed by atoms with Crippen LogP contribution >= 0.6 is 11.6 Å². The smallest absolute Gasteiger partial charge is 0.353 e. The first-order valence-corrected chi connectivity index (χ1v) is 6.54. The maximum Gasteiger partial charge on any atom is 0.353 e. The molecule has 0 bridgehead atoms. The highest BCUT2D eigenvalue weighted by atomic mass is 35.5. The van der Waals surface area contributed by atoms with E-state index in [4.69, 9.17) is 11.6 Å². The summed E-state index contributed by atoms with van der Waals surface area (Å²) in [4.78, 5) is 11.6. The predicted molar refractivity (Wildman–Crippen MR) is 80.3 cm³/mol. The molecule has 1 aromatic heterocycles. The molecule has 0 unspecified atom stereocenters. The Labute approximate surface area is 121 Å². The molecular formula is C16H12ClNO2. The minimum Gasteiger partial charge on any atom is -0.477 e. The topological polar surface area (TPSA) is 42.2 Å². The van der Waals surface area contributed by atoms with Crippen molar-refractivity contribution < 1.29 is 9.90 Å². The Morgan fingerprint density at radius 1 is 1.15 bits per heavy atom. The van der Waals surface area contributed by atoms with Gasteiger partial charge in [-0.2, -0.15) is 0 Å². The number of rotatable bonds is 2. The standard InChI is InChI=1S/C16H12ClNO2/c1-18-13-8-7-11(17)9-12(13)14(15(18)16(19)20)10-5-3-2-4-6-10/h2-9H,1H3,(H,19,20). The molecule has 1 heterocycles. The fourth-order valence-corrected chi connectivity index (χ4v) is 2.74. The van der Waals surface area contributed by atoms with Crippen molar-refractivity contribution in [2.75, 3.05) is 0 Å². The van der Waals surface area contributed by atoms with Crippen LogP contribution in [0.2, 0.25) is 5.02 Å². The summed E-state index contributed by atoms with van der Waals surface area (Å²) < 4.78 is 1.69. The van der Waals surface area contributed by atoms with E-state index in [1.165, 1.54) is 0 Å². The molecule has 3 nitrogen and oxygen atoms in total. The lowest BCUT2D eigenvalue weighted by atomic mass is 10.0. The number of aromatic carboxylic acids is 1. The summed E-state index contributed by atoms with van der Waals surface area (Å²) >= 11 is 6.06. The third-order valence-corrected chi connectivity index (χ3v) is 3.66. The van der Waals surface area contributed by atoms with Crippen molar-refractivity contribution in [3.05, 3.63) is 59.2 Å². The maximum atomic E-state index is 11.6. The normalized spacial score (nSPS) is 10.9. The van der Waals surface area contributed by atoms with Gasteiger partial charge in [0, 0.05) is 28.5 Å². The summed E-state index contributed by atoms with van der Waals surface area (Å²) in [6.07, 6.45) is 0. The van der Waals surface area contributed by atoms with Crippen LogP contribution in [0.25, 0.3) is 22.0 Å². The van der Waals surface area contributed by atoms with Gasteiger partial charge in [0.25, 0.3) is 0 Å². The fourth-order valence-electron chi connectivity index (χ4n) is 2.56. The van der Waals surface area contributed by atoms with E-state index in [-0.39, 0.29) is 5.69 Å². The van der Waals surface area contributed by atoms with Crippen molar-refractivity contribution in [3.63, 3.8) is 0 Å². The number of carboxylic acids is 1. The van der Waals surface area contributed by atoms with Gasteiger partial charge in [-0.1, -0.05) is 41.9 Å². The van der Waals surface area contributed by atoms with Gasteiger partial charge < -0.3 is 9.67 Å². The summed E-state index contributed by atoms with van der Waals surface area (Å²) in [5.41, 5.74) is 2.70. The van der Waals surface area contributed by atoms with Crippen molar-refractivity contribution >= 4 is 28.5 Å². The maximum absolute atomic E-state index is 11.6. The monoisotopic (exact) mass is 285 g/mol. The Bertz CT molecular complexity index is 806. The quantitative estimate of drug-likeness (QED) is 0.767. The molecular weight excluding hydrogens is 274 g/mol. The van der Waals surface area contributed by atoms with Crippen molar-refractivity contribution in [2.45, 2.75) is 0 Å². The molecule has 0 radical (unpaired) electrons. The van der Waals surface area contributed by atoms with E-state index >= 15 is 0 Å². The first kappa shape index (κ1) is 12.8. The molecule has 2 aromatic carbocycles. The minimum atomic E-state index is -0.946. The second kappa shape index (κ2) is 4.69. The SMILES string of the molecule is Cn1c(C(=O)O)c(-c2ccccc2)c2cc(Cl)ccc21. The zero-order valence-corrected chi connectivity index (χ0v) is 11.6. The van der Waals surface area contributed by atoms with E-state index in [0.29, 0.717) is 10.6 Å². The summed E-state index contributed by atoms with van der Waals surface area (Å²) in [5, 5.41) is 11.0. The average Bonchev–Trinajstić information content (AvgIpc) is 2.72. The molecule has 0 aliphatic rings. The minimum absolute atomic E-state index is 0.272. The number of halogens is 1. The average molecular weight is 286 g/mol. The Kier molecular flexibility index (Phi) is 2.99. The molecule has 0 amide bonds. The van der Waals surface area contributed by atoms with Gasteiger partial charge in [0.1, 0.15) is 5.69 Å². The van der Waals surface area contributed by atoms with E-state index in [1.807, 2.05) is 42.5 Å². The lowest BCUT2D eigenvalue weighted by Gasteiger charge is -2.03. The third-order valence-electron chi connectivity index (χ3n) is 3.43. The van der Waals surface area contributed by atoms with Crippen molar-refractivity contribution in [1.29, 1.82) is 0 Å². The molecule has 0 saturated carbocycles. The molecule has 0 aliphatic heterocycles. The number of hydrogen-bond donors (Lipinski definition) is 1. The van der Waals surface area contributed by atoms with Crippen LogP contribution < -0.4 is 0 Å². The molecule has 3 rings (SSSR count). The van der Waals surface area contributed by atoms with Crippen LogP contribution in [0.5, 0.6) is 0 Å². The lowest BCUT2D eigenvalue weighted by Crippen LogP contribution is -2.05. The number of nitrogens with zero attached hydrogens (tertiary/aromatic N) is 1. The number of aryl methyl sites for hydroxylation is 1. The van der Waals surface area contributed by atoms with Gasteiger partial charge >= 0.3 is 5.97 Å². The van der Waals surface area contributed by atoms with Crippen LogP contribution in [0.15, 0.2) is 48.5 Å². The summed E-state index contributed by atoms with van der Waals surface area (Å²) in [6, 6.07) is 14.9. The highest BCUT2D eigenvalue weighted by Gasteiger charge is 2.21. The second-order valence-electron chi connectivity index (χ2n) is 4.62. The Morgan fingerprint density at radius 3 is 2.50 bits per heavy atom. The molecule has 3 aromatic rings. The summed E-state index contributed by atoms with van der Waals surface area (Å²) in [5.74, 6) is -0.946. The third kappa shape index (κ3) is 1.87. The largest absolute Gasteiger partial charge is 0.477 e. The molecule has 1 N–H and O–H groups in total. The van der Waals surface area contributed by atoms with Crippen molar-refractivity contribution in [3.8, 4) is 11.1 Å². The molecule has 0 spiro atoms. The van der Waals surface area contributed by atoms with Gasteiger partial charge in [0.2, 0.25) is 0 Å². The Morgan fingerprint density at radius 2 is 1.85 bits per heavy atom. The molecule has 0 fully saturated rings. The number of carboxylic acid groups (broad SMARTS) is 1. The van der Waals surface area contributed by atoms with Crippen LogP contribution in [0.4, 0.5) is 0 Å². The van der Waals surface area contributed by atoms with Gasteiger partial charge in [-0.15, -0.1) is 0 Å². The number of carbonyl (C=O) groups is 1. The summed E-state index contributed by atoms with van der Waals surface area (Å²) in [6.45, 7) is 0. The fraction of sp³-hybridized carbons (Fsp3) is 0.0625. The molecule has 0 saturated heterocycles. The van der Waals surface area contributed by atoms with Gasteiger partial charge in [-0.05, 0) is 23.8 Å².